The first-order valence-corrected chi connectivity index (χ1v) is 9.53. The third kappa shape index (κ3) is 4.94. The number of benzene rings is 1. The molecule has 0 aliphatic carbocycles. The molecule has 1 heterocycles. The maximum atomic E-state index is 12.0. The number of anilines is 1. The second kappa shape index (κ2) is 8.31. The fourth-order valence-electron chi connectivity index (χ4n) is 2.14. The Kier molecular flexibility index (Phi) is 6.41. The first-order chi connectivity index (χ1) is 11.0. The molecular weight excluding hydrogens is 330 g/mol. The standard InChI is InChI=1S/C16H21N3O2S2/c1-4-19(5-2)15(21)10-22-9-14(20)18-16-17-12-7-6-11(3)8-13(12)23-16/h6-8H,4-5,9-10H2,1-3H3,(H,17,18,20). The van der Waals surface area contributed by atoms with Gasteiger partial charge in [0.1, 0.15) is 0 Å². The van der Waals surface area contributed by atoms with Gasteiger partial charge < -0.3 is 10.2 Å². The summed E-state index contributed by atoms with van der Waals surface area (Å²) in [6.45, 7) is 7.34. The van der Waals surface area contributed by atoms with Crippen molar-refractivity contribution in [1.82, 2.24) is 9.88 Å². The lowest BCUT2D eigenvalue weighted by atomic mass is 10.2. The Balaban J connectivity index is 1.83. The van der Waals surface area contributed by atoms with Crippen molar-refractivity contribution in [3.63, 3.8) is 0 Å². The van der Waals surface area contributed by atoms with Crippen molar-refractivity contribution in [1.29, 1.82) is 0 Å². The van der Waals surface area contributed by atoms with Gasteiger partial charge in [-0.3, -0.25) is 9.59 Å². The van der Waals surface area contributed by atoms with E-state index in [0.29, 0.717) is 24.0 Å². The maximum Gasteiger partial charge on any atom is 0.236 e. The monoisotopic (exact) mass is 351 g/mol. The number of hydrogen-bond donors (Lipinski definition) is 1. The molecule has 0 bridgehead atoms. The average Bonchev–Trinajstić information content (AvgIpc) is 2.89. The van der Waals surface area contributed by atoms with Crippen molar-refractivity contribution in [3.05, 3.63) is 23.8 Å². The minimum Gasteiger partial charge on any atom is -0.343 e. The molecule has 124 valence electrons. The third-order valence-corrected chi connectivity index (χ3v) is 5.22. The zero-order chi connectivity index (χ0) is 16.8. The summed E-state index contributed by atoms with van der Waals surface area (Å²) in [7, 11) is 0. The van der Waals surface area contributed by atoms with Crippen molar-refractivity contribution >= 4 is 50.3 Å². The summed E-state index contributed by atoms with van der Waals surface area (Å²) in [5.41, 5.74) is 2.06. The zero-order valence-corrected chi connectivity index (χ0v) is 15.2. The van der Waals surface area contributed by atoms with Crippen molar-refractivity contribution < 1.29 is 9.59 Å². The Hall–Kier alpha value is -1.60. The Morgan fingerprint density at radius 2 is 2.00 bits per heavy atom. The number of thioether (sulfide) groups is 1. The van der Waals surface area contributed by atoms with Gasteiger partial charge in [0.05, 0.1) is 21.7 Å². The zero-order valence-electron chi connectivity index (χ0n) is 13.6. The van der Waals surface area contributed by atoms with Gasteiger partial charge in [-0.1, -0.05) is 17.4 Å². The third-order valence-electron chi connectivity index (χ3n) is 3.37. The van der Waals surface area contributed by atoms with E-state index in [9.17, 15) is 9.59 Å². The summed E-state index contributed by atoms with van der Waals surface area (Å²) in [4.78, 5) is 30.0. The molecule has 0 radical (unpaired) electrons. The lowest BCUT2D eigenvalue weighted by molar-refractivity contribution is -0.127. The predicted octanol–water partition coefficient (Wildman–Crippen LogP) is 3.14. The van der Waals surface area contributed by atoms with E-state index in [2.05, 4.69) is 16.4 Å². The SMILES string of the molecule is CCN(CC)C(=O)CSCC(=O)Nc1nc2ccc(C)cc2s1. The Morgan fingerprint density at radius 3 is 2.70 bits per heavy atom. The summed E-state index contributed by atoms with van der Waals surface area (Å²) >= 11 is 2.79. The molecule has 1 N–H and O–H groups in total. The molecule has 0 aliphatic rings. The number of thiazole rings is 1. The number of hydrogen-bond acceptors (Lipinski definition) is 5. The minimum atomic E-state index is -0.127. The molecule has 0 fully saturated rings. The quantitative estimate of drug-likeness (QED) is 0.832. The van der Waals surface area contributed by atoms with Crippen LogP contribution in [0, 0.1) is 6.92 Å². The van der Waals surface area contributed by atoms with Crippen molar-refractivity contribution in [3.8, 4) is 0 Å². The van der Waals surface area contributed by atoms with Crippen LogP contribution < -0.4 is 5.32 Å². The van der Waals surface area contributed by atoms with Crippen LogP contribution in [-0.2, 0) is 9.59 Å². The number of fused-ring (bicyclic) bond motifs is 1. The lowest BCUT2D eigenvalue weighted by Crippen LogP contribution is -2.32. The smallest absolute Gasteiger partial charge is 0.236 e. The molecule has 0 atom stereocenters. The van der Waals surface area contributed by atoms with Crippen LogP contribution >= 0.6 is 23.1 Å². The van der Waals surface area contributed by atoms with Crippen LogP contribution in [0.3, 0.4) is 0 Å². The van der Waals surface area contributed by atoms with Crippen molar-refractivity contribution in [2.45, 2.75) is 20.8 Å². The fourth-order valence-corrected chi connectivity index (χ4v) is 3.84. The molecule has 0 saturated carbocycles. The van der Waals surface area contributed by atoms with Gasteiger partial charge in [-0.25, -0.2) is 4.98 Å². The topological polar surface area (TPSA) is 62.3 Å². The van der Waals surface area contributed by atoms with Crippen molar-refractivity contribution in [2.75, 3.05) is 29.9 Å². The summed E-state index contributed by atoms with van der Waals surface area (Å²) in [5, 5.41) is 3.41. The number of rotatable bonds is 7. The lowest BCUT2D eigenvalue weighted by Gasteiger charge is -2.17. The fraction of sp³-hybridized carbons (Fsp3) is 0.438. The van der Waals surface area contributed by atoms with Crippen molar-refractivity contribution in [2.24, 2.45) is 0 Å². The molecule has 1 aromatic heterocycles. The highest BCUT2D eigenvalue weighted by molar-refractivity contribution is 8.00. The number of amides is 2. The highest BCUT2D eigenvalue weighted by atomic mass is 32.2. The molecule has 7 heteroatoms. The number of nitrogens with one attached hydrogen (secondary N) is 1. The van der Waals surface area contributed by atoms with Gasteiger partial charge >= 0.3 is 0 Å². The van der Waals surface area contributed by atoms with E-state index >= 15 is 0 Å². The number of nitrogens with zero attached hydrogens (tertiary/aromatic N) is 2. The molecule has 1 aromatic carbocycles. The molecule has 0 saturated heterocycles. The molecule has 0 spiro atoms. The highest BCUT2D eigenvalue weighted by Crippen LogP contribution is 2.26. The van der Waals surface area contributed by atoms with E-state index in [1.165, 1.54) is 28.7 Å². The number of aromatic nitrogens is 1. The molecule has 2 aromatic rings. The summed E-state index contributed by atoms with van der Waals surface area (Å²) < 4.78 is 1.06. The second-order valence-electron chi connectivity index (χ2n) is 5.10. The van der Waals surface area contributed by atoms with Gasteiger partial charge in [-0.15, -0.1) is 11.8 Å². The largest absolute Gasteiger partial charge is 0.343 e. The Morgan fingerprint density at radius 1 is 1.26 bits per heavy atom. The average molecular weight is 351 g/mol. The van der Waals surface area contributed by atoms with Crippen LogP contribution in [0.5, 0.6) is 0 Å². The maximum absolute atomic E-state index is 12.0. The number of carbonyl (C=O) groups is 2. The Labute approximate surface area is 144 Å². The van der Waals surface area contributed by atoms with E-state index in [1.807, 2.05) is 32.9 Å². The Bertz CT molecular complexity index is 696. The molecule has 23 heavy (non-hydrogen) atoms. The number of aryl methyl sites for hydroxylation is 1. The van der Waals surface area contributed by atoms with Gasteiger partial charge in [0.15, 0.2) is 5.13 Å². The van der Waals surface area contributed by atoms with Crippen LogP contribution in [0.1, 0.15) is 19.4 Å². The van der Waals surface area contributed by atoms with Gasteiger partial charge in [0.2, 0.25) is 11.8 Å². The van der Waals surface area contributed by atoms with Gasteiger partial charge in [0, 0.05) is 13.1 Å². The van der Waals surface area contributed by atoms with Crippen LogP contribution in [-0.4, -0.2) is 46.3 Å². The normalized spacial score (nSPS) is 10.7. The van der Waals surface area contributed by atoms with E-state index in [0.717, 1.165) is 10.2 Å². The van der Waals surface area contributed by atoms with Gasteiger partial charge in [-0.2, -0.15) is 0 Å². The van der Waals surface area contributed by atoms with Gasteiger partial charge in [0.25, 0.3) is 0 Å². The first-order valence-electron chi connectivity index (χ1n) is 7.56. The second-order valence-corrected chi connectivity index (χ2v) is 7.11. The molecule has 5 nitrogen and oxygen atoms in total. The molecule has 2 rings (SSSR count). The van der Waals surface area contributed by atoms with E-state index < -0.39 is 0 Å². The minimum absolute atomic E-state index is 0.0725. The van der Waals surface area contributed by atoms with Crippen LogP contribution in [0.15, 0.2) is 18.2 Å². The van der Waals surface area contributed by atoms with Crippen LogP contribution in [0.25, 0.3) is 10.2 Å². The van der Waals surface area contributed by atoms with Crippen LogP contribution in [0.2, 0.25) is 0 Å². The highest BCUT2D eigenvalue weighted by Gasteiger charge is 2.12. The van der Waals surface area contributed by atoms with E-state index in [4.69, 9.17) is 0 Å². The summed E-state index contributed by atoms with van der Waals surface area (Å²) in [5.74, 6) is 0.525. The molecular formula is C16H21N3O2S2. The predicted molar refractivity (Wildman–Crippen MR) is 98.2 cm³/mol. The number of carbonyl (C=O) groups excluding carboxylic acids is 2. The molecule has 0 aliphatic heterocycles. The van der Waals surface area contributed by atoms with E-state index in [-0.39, 0.29) is 17.6 Å². The molecule has 2 amide bonds. The summed E-state index contributed by atoms with van der Waals surface area (Å²) in [6.07, 6.45) is 0. The molecule has 0 unspecified atom stereocenters. The van der Waals surface area contributed by atoms with Gasteiger partial charge in [-0.05, 0) is 38.5 Å². The summed E-state index contributed by atoms with van der Waals surface area (Å²) in [6, 6.07) is 6.01. The van der Waals surface area contributed by atoms with E-state index in [1.54, 1.807) is 4.90 Å². The first kappa shape index (κ1) is 17.7. The van der Waals surface area contributed by atoms with Crippen LogP contribution in [0.4, 0.5) is 5.13 Å².